The van der Waals surface area contributed by atoms with Gasteiger partial charge in [-0.1, -0.05) is 18.2 Å². The van der Waals surface area contributed by atoms with E-state index in [1.807, 2.05) is 36.7 Å². The summed E-state index contributed by atoms with van der Waals surface area (Å²) in [5, 5.41) is 4.95. The van der Waals surface area contributed by atoms with Gasteiger partial charge in [0.05, 0.1) is 4.90 Å². The van der Waals surface area contributed by atoms with Gasteiger partial charge in [-0.3, -0.25) is 0 Å². The van der Waals surface area contributed by atoms with Crippen LogP contribution in [0.5, 0.6) is 0 Å². The summed E-state index contributed by atoms with van der Waals surface area (Å²) in [7, 11) is -1.58. The van der Waals surface area contributed by atoms with Crippen LogP contribution in [-0.2, 0) is 23.1 Å². The van der Waals surface area contributed by atoms with E-state index in [0.717, 1.165) is 17.0 Å². The van der Waals surface area contributed by atoms with E-state index in [-0.39, 0.29) is 0 Å². The van der Waals surface area contributed by atoms with Crippen molar-refractivity contribution in [1.82, 2.24) is 10.0 Å². The van der Waals surface area contributed by atoms with Crippen LogP contribution in [0.4, 0.5) is 0 Å². The highest BCUT2D eigenvalue weighted by Crippen LogP contribution is 2.13. The molecule has 4 nitrogen and oxygen atoms in total. The summed E-state index contributed by atoms with van der Waals surface area (Å²) < 4.78 is 26.7. The second-order valence-electron chi connectivity index (χ2n) is 4.08. The van der Waals surface area contributed by atoms with Crippen molar-refractivity contribution in [3.8, 4) is 0 Å². The molecule has 19 heavy (non-hydrogen) atoms. The van der Waals surface area contributed by atoms with Crippen LogP contribution >= 0.6 is 11.3 Å². The average molecular weight is 296 g/mol. The van der Waals surface area contributed by atoms with E-state index in [9.17, 15) is 8.42 Å². The normalized spacial score (nSPS) is 11.6. The van der Waals surface area contributed by atoms with Gasteiger partial charge in [0.2, 0.25) is 10.0 Å². The van der Waals surface area contributed by atoms with Gasteiger partial charge in [0, 0.05) is 18.0 Å². The Balaban J connectivity index is 2.06. The fourth-order valence-corrected chi connectivity index (χ4v) is 3.40. The zero-order chi connectivity index (χ0) is 13.7. The molecule has 0 bridgehead atoms. The van der Waals surface area contributed by atoms with Crippen molar-refractivity contribution < 1.29 is 8.42 Å². The molecule has 0 spiro atoms. The molecule has 0 aliphatic heterocycles. The molecule has 1 heterocycles. The van der Waals surface area contributed by atoms with Crippen molar-refractivity contribution >= 4 is 21.4 Å². The summed E-state index contributed by atoms with van der Waals surface area (Å²) in [6.45, 7) is 1.06. The third-order valence-electron chi connectivity index (χ3n) is 2.63. The molecule has 2 rings (SSSR count). The van der Waals surface area contributed by atoms with E-state index in [1.165, 1.54) is 11.3 Å². The lowest BCUT2D eigenvalue weighted by Gasteiger charge is -2.06. The predicted molar refractivity (Wildman–Crippen MR) is 77.6 cm³/mol. The molecule has 0 radical (unpaired) electrons. The van der Waals surface area contributed by atoms with Crippen LogP contribution in [-0.4, -0.2) is 15.5 Å². The smallest absolute Gasteiger partial charge is 0.240 e. The van der Waals surface area contributed by atoms with Crippen molar-refractivity contribution in [2.75, 3.05) is 7.05 Å². The zero-order valence-electron chi connectivity index (χ0n) is 10.6. The fourth-order valence-electron chi connectivity index (χ4n) is 1.65. The first kappa shape index (κ1) is 14.2. The zero-order valence-corrected chi connectivity index (χ0v) is 12.2. The minimum Gasteiger partial charge on any atom is -0.316 e. The van der Waals surface area contributed by atoms with E-state index in [2.05, 4.69) is 10.0 Å². The second kappa shape index (κ2) is 6.29. The van der Waals surface area contributed by atoms with Gasteiger partial charge in [-0.2, -0.15) is 0 Å². The molecule has 0 fully saturated rings. The van der Waals surface area contributed by atoms with E-state index < -0.39 is 10.0 Å². The highest BCUT2D eigenvalue weighted by atomic mass is 32.2. The molecular formula is C13H16N2O2S2. The topological polar surface area (TPSA) is 58.2 Å². The van der Waals surface area contributed by atoms with Crippen molar-refractivity contribution in [2.45, 2.75) is 18.0 Å². The molecule has 102 valence electrons. The molecule has 0 saturated heterocycles. The first-order chi connectivity index (χ1) is 9.12. The average Bonchev–Trinajstić information content (AvgIpc) is 2.91. The molecule has 1 aromatic carbocycles. The van der Waals surface area contributed by atoms with Gasteiger partial charge in [0.1, 0.15) is 0 Å². The van der Waals surface area contributed by atoms with E-state index in [4.69, 9.17) is 0 Å². The monoisotopic (exact) mass is 296 g/mol. The van der Waals surface area contributed by atoms with Gasteiger partial charge in [0.25, 0.3) is 0 Å². The number of nitrogens with one attached hydrogen (secondary N) is 2. The van der Waals surface area contributed by atoms with Gasteiger partial charge >= 0.3 is 0 Å². The summed E-state index contributed by atoms with van der Waals surface area (Å²) in [6, 6.07) is 10.7. The second-order valence-corrected chi connectivity index (χ2v) is 6.88. The Bertz CT molecular complexity index is 605. The maximum absolute atomic E-state index is 12.1. The number of hydrogen-bond acceptors (Lipinski definition) is 4. The van der Waals surface area contributed by atoms with Crippen LogP contribution in [0.3, 0.4) is 0 Å². The molecule has 0 amide bonds. The Morgan fingerprint density at radius 2 is 1.84 bits per heavy atom. The van der Waals surface area contributed by atoms with Crippen LogP contribution < -0.4 is 10.0 Å². The first-order valence-corrected chi connectivity index (χ1v) is 8.24. The fraction of sp³-hybridized carbons (Fsp3) is 0.231. The van der Waals surface area contributed by atoms with Crippen molar-refractivity contribution in [2.24, 2.45) is 0 Å². The minimum atomic E-state index is -3.43. The minimum absolute atomic E-state index is 0.295. The number of thiophene rings is 1. The Hall–Kier alpha value is -1.21. The maximum atomic E-state index is 12.1. The number of rotatable bonds is 6. The highest BCUT2D eigenvalue weighted by Gasteiger charge is 2.13. The molecule has 0 atom stereocenters. The van der Waals surface area contributed by atoms with E-state index >= 15 is 0 Å². The molecule has 6 heteroatoms. The summed E-state index contributed by atoms with van der Waals surface area (Å²) in [6.07, 6.45) is 0. The molecule has 1 aromatic heterocycles. The van der Waals surface area contributed by atoms with Crippen LogP contribution in [0.25, 0.3) is 0 Å². The van der Waals surface area contributed by atoms with Crippen LogP contribution in [0.1, 0.15) is 10.4 Å². The number of benzene rings is 1. The first-order valence-electron chi connectivity index (χ1n) is 5.87. The van der Waals surface area contributed by atoms with Crippen LogP contribution in [0, 0.1) is 0 Å². The Labute approximate surface area is 117 Å². The van der Waals surface area contributed by atoms with Crippen LogP contribution in [0.2, 0.25) is 0 Å². The largest absolute Gasteiger partial charge is 0.316 e. The summed E-state index contributed by atoms with van der Waals surface area (Å²) >= 11 is 1.53. The van der Waals surface area contributed by atoms with E-state index in [0.29, 0.717) is 11.4 Å². The Kier molecular flexibility index (Phi) is 4.71. The van der Waals surface area contributed by atoms with Gasteiger partial charge in [-0.25, -0.2) is 13.1 Å². The molecule has 0 aliphatic carbocycles. The summed E-state index contributed by atoms with van der Waals surface area (Å²) in [5.41, 5.74) is 1.06. The highest BCUT2D eigenvalue weighted by molar-refractivity contribution is 7.89. The summed E-state index contributed by atoms with van der Waals surface area (Å²) in [4.78, 5) is 1.29. The molecule has 2 aromatic rings. The number of hydrogen-bond donors (Lipinski definition) is 2. The van der Waals surface area contributed by atoms with Gasteiger partial charge < -0.3 is 5.32 Å². The molecule has 0 aliphatic rings. The molecule has 2 N–H and O–H groups in total. The number of sulfonamides is 1. The van der Waals surface area contributed by atoms with Gasteiger partial charge in [-0.05, 0) is 36.2 Å². The van der Waals surface area contributed by atoms with Crippen molar-refractivity contribution in [3.63, 3.8) is 0 Å². The lowest BCUT2D eigenvalue weighted by molar-refractivity contribution is 0.582. The lowest BCUT2D eigenvalue weighted by Crippen LogP contribution is -2.22. The lowest BCUT2D eigenvalue weighted by atomic mass is 10.2. The summed E-state index contributed by atoms with van der Waals surface area (Å²) in [5.74, 6) is 0. The Morgan fingerprint density at radius 3 is 2.42 bits per heavy atom. The SMILES string of the molecule is CNCc1ccc(S(=O)(=O)NCc2cccs2)cc1. The standard InChI is InChI=1S/C13H16N2O2S2/c1-14-9-11-4-6-13(7-5-11)19(16,17)15-10-12-3-2-8-18-12/h2-8,14-15H,9-10H2,1H3. The van der Waals surface area contributed by atoms with E-state index in [1.54, 1.807) is 12.1 Å². The van der Waals surface area contributed by atoms with Gasteiger partial charge in [-0.15, -0.1) is 11.3 Å². The van der Waals surface area contributed by atoms with Crippen molar-refractivity contribution in [3.05, 3.63) is 52.2 Å². The molecule has 0 saturated carbocycles. The third kappa shape index (κ3) is 3.87. The quantitative estimate of drug-likeness (QED) is 0.856. The maximum Gasteiger partial charge on any atom is 0.240 e. The Morgan fingerprint density at radius 1 is 1.11 bits per heavy atom. The molecule has 0 unspecified atom stereocenters. The molecular weight excluding hydrogens is 280 g/mol. The predicted octanol–water partition coefficient (Wildman–Crippen LogP) is 1.95. The third-order valence-corrected chi connectivity index (χ3v) is 4.92. The van der Waals surface area contributed by atoms with Crippen molar-refractivity contribution in [1.29, 1.82) is 0 Å². The van der Waals surface area contributed by atoms with Crippen LogP contribution in [0.15, 0.2) is 46.7 Å². The van der Waals surface area contributed by atoms with Gasteiger partial charge in [0.15, 0.2) is 0 Å².